The molecule has 0 aliphatic heterocycles. The van der Waals surface area contributed by atoms with E-state index in [0.717, 1.165) is 24.4 Å². The average molecular weight is 285 g/mol. The number of nitrogens with zero attached hydrogens (tertiary/aromatic N) is 2. The van der Waals surface area contributed by atoms with E-state index in [1.165, 1.54) is 43.4 Å². The summed E-state index contributed by atoms with van der Waals surface area (Å²) in [4.78, 5) is 4.86. The van der Waals surface area contributed by atoms with Gasteiger partial charge in [-0.15, -0.1) is 0 Å². The number of benzene rings is 1. The molecule has 3 rings (SSSR count). The Kier molecular flexibility index (Phi) is 4.59. The molecule has 2 unspecified atom stereocenters. The zero-order valence-electron chi connectivity index (χ0n) is 13.3. The van der Waals surface area contributed by atoms with E-state index in [0.29, 0.717) is 6.04 Å². The van der Waals surface area contributed by atoms with Gasteiger partial charge < -0.3 is 9.88 Å². The van der Waals surface area contributed by atoms with Crippen LogP contribution in [0.3, 0.4) is 0 Å². The van der Waals surface area contributed by atoms with Crippen molar-refractivity contribution in [3.8, 4) is 0 Å². The first kappa shape index (κ1) is 14.6. The maximum Gasteiger partial charge on any atom is 0.109 e. The average Bonchev–Trinajstić information content (AvgIpc) is 2.83. The van der Waals surface area contributed by atoms with Crippen LogP contribution in [-0.4, -0.2) is 22.1 Å². The maximum absolute atomic E-state index is 4.86. The Morgan fingerprint density at radius 1 is 1.24 bits per heavy atom. The molecule has 0 radical (unpaired) electrons. The van der Waals surface area contributed by atoms with E-state index >= 15 is 0 Å². The number of imidazole rings is 1. The molecule has 1 saturated carbocycles. The van der Waals surface area contributed by atoms with Crippen LogP contribution in [0, 0.1) is 5.92 Å². The van der Waals surface area contributed by atoms with E-state index < -0.39 is 0 Å². The fourth-order valence-corrected chi connectivity index (χ4v) is 3.66. The number of nitrogens with one attached hydrogen (secondary N) is 1. The molecule has 1 aromatic heterocycles. The Morgan fingerprint density at radius 3 is 2.86 bits per heavy atom. The van der Waals surface area contributed by atoms with Crippen molar-refractivity contribution in [1.82, 2.24) is 14.9 Å². The summed E-state index contributed by atoms with van der Waals surface area (Å²) < 4.78 is 2.28. The highest BCUT2D eigenvalue weighted by molar-refractivity contribution is 5.75. The quantitative estimate of drug-likeness (QED) is 0.908. The largest absolute Gasteiger partial charge is 0.331 e. The molecule has 2 atom stereocenters. The molecule has 1 aliphatic rings. The number of para-hydroxylation sites is 2. The summed E-state index contributed by atoms with van der Waals surface area (Å²) in [5.41, 5.74) is 2.38. The third-order valence-corrected chi connectivity index (χ3v) is 4.89. The number of rotatable bonds is 5. The molecular formula is C18H27N3. The minimum atomic E-state index is 0.679. The molecule has 3 heteroatoms. The van der Waals surface area contributed by atoms with Crippen LogP contribution in [-0.2, 0) is 13.5 Å². The number of fused-ring (bicyclic) bond motifs is 1. The van der Waals surface area contributed by atoms with Crippen molar-refractivity contribution >= 4 is 11.0 Å². The molecule has 1 aliphatic carbocycles. The second-order valence-electron chi connectivity index (χ2n) is 6.39. The SMILES string of the molecule is CCCNC1CCCCC1Cc1nc2ccccc2n1C. The van der Waals surface area contributed by atoms with Gasteiger partial charge in [-0.3, -0.25) is 0 Å². The van der Waals surface area contributed by atoms with Gasteiger partial charge in [0.1, 0.15) is 5.82 Å². The molecule has 3 nitrogen and oxygen atoms in total. The van der Waals surface area contributed by atoms with Crippen LogP contribution in [0.15, 0.2) is 24.3 Å². The topological polar surface area (TPSA) is 29.9 Å². The minimum Gasteiger partial charge on any atom is -0.331 e. The van der Waals surface area contributed by atoms with Gasteiger partial charge in [-0.1, -0.05) is 31.9 Å². The molecular weight excluding hydrogens is 258 g/mol. The molecule has 1 fully saturated rings. The van der Waals surface area contributed by atoms with Crippen molar-refractivity contribution in [2.75, 3.05) is 6.54 Å². The van der Waals surface area contributed by atoms with E-state index in [2.05, 4.69) is 48.1 Å². The second kappa shape index (κ2) is 6.61. The molecule has 2 aromatic rings. The van der Waals surface area contributed by atoms with Crippen molar-refractivity contribution < 1.29 is 0 Å². The van der Waals surface area contributed by atoms with Gasteiger partial charge in [0.05, 0.1) is 11.0 Å². The molecule has 0 bridgehead atoms. The van der Waals surface area contributed by atoms with E-state index in [1.54, 1.807) is 0 Å². The zero-order chi connectivity index (χ0) is 14.7. The predicted molar refractivity (Wildman–Crippen MR) is 88.5 cm³/mol. The van der Waals surface area contributed by atoms with Crippen LogP contribution in [0.4, 0.5) is 0 Å². The van der Waals surface area contributed by atoms with Gasteiger partial charge in [-0.25, -0.2) is 4.98 Å². The number of aryl methyl sites for hydroxylation is 1. The van der Waals surface area contributed by atoms with Gasteiger partial charge in [-0.2, -0.15) is 0 Å². The van der Waals surface area contributed by atoms with Crippen molar-refractivity contribution in [2.45, 2.75) is 51.5 Å². The highest BCUT2D eigenvalue weighted by Crippen LogP contribution is 2.28. The highest BCUT2D eigenvalue weighted by Gasteiger charge is 2.26. The van der Waals surface area contributed by atoms with Crippen molar-refractivity contribution in [2.24, 2.45) is 13.0 Å². The monoisotopic (exact) mass is 285 g/mol. The van der Waals surface area contributed by atoms with Crippen LogP contribution < -0.4 is 5.32 Å². The molecule has 0 spiro atoms. The standard InChI is InChI=1S/C18H27N3/c1-3-12-19-15-9-5-4-8-14(15)13-18-20-16-10-6-7-11-17(16)21(18)2/h6-7,10-11,14-15,19H,3-5,8-9,12-13H2,1-2H3. The van der Waals surface area contributed by atoms with E-state index in [9.17, 15) is 0 Å². The summed E-state index contributed by atoms with van der Waals surface area (Å²) in [5.74, 6) is 1.98. The second-order valence-corrected chi connectivity index (χ2v) is 6.39. The van der Waals surface area contributed by atoms with Crippen molar-refractivity contribution in [3.05, 3.63) is 30.1 Å². The van der Waals surface area contributed by atoms with Crippen LogP contribution in [0.5, 0.6) is 0 Å². The summed E-state index contributed by atoms with van der Waals surface area (Å²) in [6, 6.07) is 9.13. The van der Waals surface area contributed by atoms with Crippen LogP contribution in [0.2, 0.25) is 0 Å². The Morgan fingerprint density at radius 2 is 2.05 bits per heavy atom. The van der Waals surface area contributed by atoms with Crippen LogP contribution in [0.25, 0.3) is 11.0 Å². The van der Waals surface area contributed by atoms with E-state index in [4.69, 9.17) is 4.98 Å². The third-order valence-electron chi connectivity index (χ3n) is 4.89. The van der Waals surface area contributed by atoms with Crippen LogP contribution >= 0.6 is 0 Å². The first-order valence-corrected chi connectivity index (χ1v) is 8.43. The predicted octanol–water partition coefficient (Wildman–Crippen LogP) is 3.67. The summed E-state index contributed by atoms with van der Waals surface area (Å²) >= 11 is 0. The zero-order valence-corrected chi connectivity index (χ0v) is 13.3. The molecule has 0 saturated heterocycles. The fourth-order valence-electron chi connectivity index (χ4n) is 3.66. The number of aromatic nitrogens is 2. The Labute approximate surface area is 127 Å². The molecule has 0 amide bonds. The van der Waals surface area contributed by atoms with E-state index in [-0.39, 0.29) is 0 Å². The minimum absolute atomic E-state index is 0.679. The maximum atomic E-state index is 4.86. The highest BCUT2D eigenvalue weighted by atomic mass is 15.1. The smallest absolute Gasteiger partial charge is 0.109 e. The Balaban J connectivity index is 1.77. The lowest BCUT2D eigenvalue weighted by molar-refractivity contribution is 0.257. The summed E-state index contributed by atoms with van der Waals surface area (Å²) in [6.45, 7) is 3.39. The summed E-state index contributed by atoms with van der Waals surface area (Å²) in [7, 11) is 2.15. The Bertz CT molecular complexity index is 587. The summed E-state index contributed by atoms with van der Waals surface area (Å²) in [5, 5.41) is 3.76. The summed E-state index contributed by atoms with van der Waals surface area (Å²) in [6.07, 6.45) is 7.74. The molecule has 114 valence electrons. The van der Waals surface area contributed by atoms with E-state index in [1.807, 2.05) is 0 Å². The van der Waals surface area contributed by atoms with Gasteiger partial charge in [0.2, 0.25) is 0 Å². The van der Waals surface area contributed by atoms with Gasteiger partial charge in [0, 0.05) is 19.5 Å². The number of hydrogen-bond donors (Lipinski definition) is 1. The van der Waals surface area contributed by atoms with Gasteiger partial charge in [0.25, 0.3) is 0 Å². The molecule has 1 aromatic carbocycles. The van der Waals surface area contributed by atoms with Gasteiger partial charge in [-0.05, 0) is 43.9 Å². The normalized spacial score (nSPS) is 22.8. The third kappa shape index (κ3) is 3.13. The lowest BCUT2D eigenvalue weighted by Crippen LogP contribution is -2.40. The molecule has 1 N–H and O–H groups in total. The first-order chi connectivity index (χ1) is 10.3. The molecule has 1 heterocycles. The van der Waals surface area contributed by atoms with Crippen molar-refractivity contribution in [3.63, 3.8) is 0 Å². The van der Waals surface area contributed by atoms with Gasteiger partial charge in [0.15, 0.2) is 0 Å². The van der Waals surface area contributed by atoms with Crippen LogP contribution in [0.1, 0.15) is 44.9 Å². The first-order valence-electron chi connectivity index (χ1n) is 8.43. The lowest BCUT2D eigenvalue weighted by Gasteiger charge is -2.32. The molecule has 21 heavy (non-hydrogen) atoms. The lowest BCUT2D eigenvalue weighted by atomic mass is 9.82. The van der Waals surface area contributed by atoms with Crippen molar-refractivity contribution in [1.29, 1.82) is 0 Å². The van der Waals surface area contributed by atoms with Gasteiger partial charge >= 0.3 is 0 Å². The fraction of sp³-hybridized carbons (Fsp3) is 0.611. The Hall–Kier alpha value is -1.35. The number of hydrogen-bond acceptors (Lipinski definition) is 2.